The third kappa shape index (κ3) is 4.72. The molecule has 0 atom stereocenters. The molecule has 0 fully saturated rings. The molecule has 126 valence electrons. The van der Waals surface area contributed by atoms with Crippen LogP contribution < -0.4 is 14.9 Å². The Balaban J connectivity index is 2.39. The van der Waals surface area contributed by atoms with E-state index < -0.39 is 10.0 Å². The van der Waals surface area contributed by atoms with E-state index in [4.69, 9.17) is 17.3 Å². The molecular weight excluding hydrogens is 327 g/mol. The number of aromatic nitrogens is 1. The number of sulfonamides is 1. The molecular formula is C16H19BN2O4S. The lowest BCUT2D eigenvalue weighted by Gasteiger charge is -2.16. The van der Waals surface area contributed by atoms with E-state index in [1.807, 2.05) is 13.0 Å². The minimum absolute atomic E-state index is 0.366. The Bertz CT molecular complexity index is 825. The fraction of sp³-hybridized carbons (Fsp3) is 0.312. The lowest BCUT2D eigenvalue weighted by atomic mass is 9.91. The Labute approximate surface area is 143 Å². The molecule has 1 aromatic carbocycles. The molecule has 0 saturated heterocycles. The van der Waals surface area contributed by atoms with E-state index >= 15 is 0 Å². The number of aryl methyl sites for hydroxylation is 1. The molecule has 0 unspecified atom stereocenters. The summed E-state index contributed by atoms with van der Waals surface area (Å²) in [6, 6.07) is 5.24. The zero-order valence-corrected chi connectivity index (χ0v) is 14.7. The fourth-order valence-corrected chi connectivity index (χ4v) is 2.84. The Morgan fingerprint density at radius 1 is 1.21 bits per heavy atom. The predicted molar refractivity (Wildman–Crippen MR) is 95.6 cm³/mol. The van der Waals surface area contributed by atoms with Gasteiger partial charge in [0.25, 0.3) is 0 Å². The molecule has 1 aromatic heterocycles. The van der Waals surface area contributed by atoms with Gasteiger partial charge in [0.2, 0.25) is 10.0 Å². The maximum Gasteiger partial charge on any atom is 0.229 e. The second-order valence-corrected chi connectivity index (χ2v) is 7.10. The van der Waals surface area contributed by atoms with Crippen LogP contribution >= 0.6 is 0 Å². The minimum Gasteiger partial charge on any atom is -0.491 e. The lowest BCUT2D eigenvalue weighted by molar-refractivity contribution is 0.147. The van der Waals surface area contributed by atoms with Gasteiger partial charge in [0.1, 0.15) is 20.2 Å². The largest absolute Gasteiger partial charge is 0.491 e. The standard InChI is InChI=1S/C16H19BN2O4S/c1-11-8-12(19-24(3,20)21)4-5-13(11)14-9-18-10-15(17)16(14)23-7-6-22-2/h4-5,8-10,19H,6-7H2,1-3H3. The lowest BCUT2D eigenvalue weighted by Crippen LogP contribution is -2.15. The average Bonchev–Trinajstić information content (AvgIpc) is 2.48. The van der Waals surface area contributed by atoms with Gasteiger partial charge in [0.05, 0.1) is 12.9 Å². The highest BCUT2D eigenvalue weighted by Gasteiger charge is 2.13. The van der Waals surface area contributed by atoms with Crippen LogP contribution in [-0.2, 0) is 14.8 Å². The van der Waals surface area contributed by atoms with E-state index in [0.717, 1.165) is 22.9 Å². The first kappa shape index (κ1) is 18.3. The van der Waals surface area contributed by atoms with Crippen molar-refractivity contribution < 1.29 is 17.9 Å². The summed E-state index contributed by atoms with van der Waals surface area (Å²) in [6.45, 7) is 2.69. The van der Waals surface area contributed by atoms with Gasteiger partial charge in [-0.3, -0.25) is 9.71 Å². The van der Waals surface area contributed by atoms with Crippen molar-refractivity contribution in [3.05, 3.63) is 36.2 Å². The molecule has 0 amide bonds. The van der Waals surface area contributed by atoms with Gasteiger partial charge in [-0.05, 0) is 35.6 Å². The van der Waals surface area contributed by atoms with Crippen molar-refractivity contribution in [2.75, 3.05) is 31.3 Å². The highest BCUT2D eigenvalue weighted by molar-refractivity contribution is 7.92. The highest BCUT2D eigenvalue weighted by atomic mass is 32.2. The first-order valence-electron chi connectivity index (χ1n) is 7.26. The van der Waals surface area contributed by atoms with Gasteiger partial charge < -0.3 is 9.47 Å². The molecule has 2 rings (SSSR count). The van der Waals surface area contributed by atoms with Gasteiger partial charge in [0.15, 0.2) is 0 Å². The predicted octanol–water partition coefficient (Wildman–Crippen LogP) is 1.25. The quantitative estimate of drug-likeness (QED) is 0.603. The summed E-state index contributed by atoms with van der Waals surface area (Å²) < 4.78 is 35.9. The third-order valence-corrected chi connectivity index (χ3v) is 3.88. The second kappa shape index (κ2) is 7.68. The Morgan fingerprint density at radius 3 is 2.58 bits per heavy atom. The van der Waals surface area contributed by atoms with Crippen LogP contribution in [0.3, 0.4) is 0 Å². The Kier molecular flexibility index (Phi) is 5.85. The number of hydrogen-bond donors (Lipinski definition) is 1. The summed E-state index contributed by atoms with van der Waals surface area (Å²) in [4.78, 5) is 4.12. The molecule has 2 radical (unpaired) electrons. The summed E-state index contributed by atoms with van der Waals surface area (Å²) in [5.74, 6) is 0.536. The van der Waals surface area contributed by atoms with E-state index in [2.05, 4.69) is 9.71 Å². The summed E-state index contributed by atoms with van der Waals surface area (Å²) in [7, 11) is 4.26. The van der Waals surface area contributed by atoms with Crippen LogP contribution in [0.4, 0.5) is 5.69 Å². The molecule has 0 bridgehead atoms. The zero-order valence-electron chi connectivity index (χ0n) is 13.9. The smallest absolute Gasteiger partial charge is 0.229 e. The van der Waals surface area contributed by atoms with Crippen LogP contribution in [0, 0.1) is 6.92 Å². The maximum absolute atomic E-state index is 11.3. The summed E-state index contributed by atoms with van der Waals surface area (Å²) >= 11 is 0. The van der Waals surface area contributed by atoms with Gasteiger partial charge in [-0.2, -0.15) is 0 Å². The average molecular weight is 346 g/mol. The molecule has 0 saturated carbocycles. The number of pyridine rings is 1. The molecule has 8 heteroatoms. The van der Waals surface area contributed by atoms with Crippen LogP contribution in [0.15, 0.2) is 30.6 Å². The van der Waals surface area contributed by atoms with Crippen LogP contribution in [0.2, 0.25) is 0 Å². The van der Waals surface area contributed by atoms with Crippen molar-refractivity contribution in [1.29, 1.82) is 0 Å². The van der Waals surface area contributed by atoms with Gasteiger partial charge in [-0.25, -0.2) is 8.42 Å². The third-order valence-electron chi connectivity index (χ3n) is 3.28. The van der Waals surface area contributed by atoms with E-state index in [1.54, 1.807) is 25.4 Å². The van der Waals surface area contributed by atoms with Crippen molar-refractivity contribution in [2.24, 2.45) is 0 Å². The summed E-state index contributed by atoms with van der Waals surface area (Å²) in [6.07, 6.45) is 4.31. The van der Waals surface area contributed by atoms with Crippen LogP contribution in [0.25, 0.3) is 11.1 Å². The van der Waals surface area contributed by atoms with E-state index in [9.17, 15) is 8.42 Å². The van der Waals surface area contributed by atoms with Gasteiger partial charge in [-0.1, -0.05) is 6.07 Å². The van der Waals surface area contributed by atoms with E-state index in [1.165, 1.54) is 6.20 Å². The van der Waals surface area contributed by atoms with Crippen LogP contribution in [-0.4, -0.2) is 47.8 Å². The number of benzene rings is 1. The van der Waals surface area contributed by atoms with E-state index in [-0.39, 0.29) is 0 Å². The van der Waals surface area contributed by atoms with Gasteiger partial charge in [-0.15, -0.1) is 0 Å². The van der Waals surface area contributed by atoms with Crippen molar-refractivity contribution in [3.63, 3.8) is 0 Å². The normalized spacial score (nSPS) is 11.3. The number of nitrogens with one attached hydrogen (secondary N) is 1. The van der Waals surface area contributed by atoms with Gasteiger partial charge in [0, 0.05) is 30.8 Å². The van der Waals surface area contributed by atoms with Crippen LogP contribution in [0.1, 0.15) is 5.56 Å². The molecule has 2 aromatic rings. The number of nitrogens with zero attached hydrogens (tertiary/aromatic N) is 1. The molecule has 0 spiro atoms. The number of methoxy groups -OCH3 is 1. The number of hydrogen-bond acceptors (Lipinski definition) is 5. The number of anilines is 1. The van der Waals surface area contributed by atoms with E-state index in [0.29, 0.717) is 30.1 Å². The number of ether oxygens (including phenoxy) is 2. The van der Waals surface area contributed by atoms with Crippen molar-refractivity contribution >= 4 is 29.0 Å². The van der Waals surface area contributed by atoms with Crippen molar-refractivity contribution in [1.82, 2.24) is 4.98 Å². The topological polar surface area (TPSA) is 77.5 Å². The molecule has 0 aliphatic rings. The number of rotatable bonds is 7. The minimum atomic E-state index is -3.32. The SMILES string of the molecule is [B]c1cncc(-c2ccc(NS(C)(=O)=O)cc2C)c1OCCOC. The first-order valence-corrected chi connectivity index (χ1v) is 9.15. The Morgan fingerprint density at radius 2 is 1.96 bits per heavy atom. The first-order chi connectivity index (χ1) is 11.3. The maximum atomic E-state index is 11.3. The van der Waals surface area contributed by atoms with Crippen molar-refractivity contribution in [2.45, 2.75) is 6.92 Å². The zero-order chi connectivity index (χ0) is 17.7. The molecule has 0 aliphatic heterocycles. The van der Waals surface area contributed by atoms with Crippen LogP contribution in [0.5, 0.6) is 5.75 Å². The Hall–Kier alpha value is -2.06. The molecule has 1 heterocycles. The van der Waals surface area contributed by atoms with Gasteiger partial charge >= 0.3 is 0 Å². The highest BCUT2D eigenvalue weighted by Crippen LogP contribution is 2.31. The summed E-state index contributed by atoms with van der Waals surface area (Å²) in [5.41, 5.74) is 3.40. The molecule has 0 aliphatic carbocycles. The summed E-state index contributed by atoms with van der Waals surface area (Å²) in [5, 5.41) is 0. The monoisotopic (exact) mass is 346 g/mol. The molecule has 1 N–H and O–H groups in total. The van der Waals surface area contributed by atoms with Crippen molar-refractivity contribution in [3.8, 4) is 16.9 Å². The fourth-order valence-electron chi connectivity index (χ4n) is 2.29. The molecule has 24 heavy (non-hydrogen) atoms. The second-order valence-electron chi connectivity index (χ2n) is 5.35. The molecule has 6 nitrogen and oxygen atoms in total.